The molecule has 0 aliphatic rings. The van der Waals surface area contributed by atoms with Gasteiger partial charge in [0.2, 0.25) is 5.91 Å². The fourth-order valence-electron chi connectivity index (χ4n) is 1.51. The van der Waals surface area contributed by atoms with Gasteiger partial charge >= 0.3 is 5.97 Å². The number of benzene rings is 1. The highest BCUT2D eigenvalue weighted by molar-refractivity contribution is 9.10. The number of methoxy groups -OCH3 is 1. The molecule has 0 aliphatic heterocycles. The van der Waals surface area contributed by atoms with Crippen LogP contribution in [0, 0.1) is 0 Å². The van der Waals surface area contributed by atoms with Gasteiger partial charge in [-0.3, -0.25) is 9.59 Å². The number of ether oxygens (including phenoxy) is 1. The number of anilines is 1. The predicted molar refractivity (Wildman–Crippen MR) is 78.7 cm³/mol. The van der Waals surface area contributed by atoms with E-state index in [9.17, 15) is 9.59 Å². The zero-order valence-corrected chi connectivity index (χ0v) is 12.6. The van der Waals surface area contributed by atoms with Crippen molar-refractivity contribution in [2.24, 2.45) is 0 Å². The minimum absolute atomic E-state index is 0.144. The summed E-state index contributed by atoms with van der Waals surface area (Å²) in [6, 6.07) is 6.12. The Morgan fingerprint density at radius 1 is 1.35 bits per heavy atom. The third-order valence-electron chi connectivity index (χ3n) is 2.51. The van der Waals surface area contributed by atoms with Crippen LogP contribution in [-0.2, 0) is 14.3 Å². The number of rotatable bonds is 8. The zero-order chi connectivity index (χ0) is 15.0. The molecule has 1 aromatic carbocycles. The second kappa shape index (κ2) is 8.68. The number of carbonyl (C=O) groups excluding carboxylic acids is 1. The van der Waals surface area contributed by atoms with Crippen LogP contribution in [-0.4, -0.2) is 43.3 Å². The lowest BCUT2D eigenvalue weighted by atomic mass is 10.2. The van der Waals surface area contributed by atoms with E-state index in [1.165, 1.54) is 7.11 Å². The van der Waals surface area contributed by atoms with Gasteiger partial charge in [0.25, 0.3) is 0 Å². The molecule has 6 nitrogen and oxygen atoms in total. The van der Waals surface area contributed by atoms with E-state index >= 15 is 0 Å². The molecule has 1 amide bonds. The largest absolute Gasteiger partial charge is 0.480 e. The average Bonchev–Trinajstić information content (AvgIpc) is 2.40. The van der Waals surface area contributed by atoms with E-state index in [1.807, 2.05) is 0 Å². The van der Waals surface area contributed by atoms with Crippen molar-refractivity contribution in [3.05, 3.63) is 28.7 Å². The zero-order valence-electron chi connectivity index (χ0n) is 11.1. The molecule has 0 aliphatic carbocycles. The summed E-state index contributed by atoms with van der Waals surface area (Å²) in [6.07, 6.45) is -0.144. The fraction of sp³-hybridized carbons (Fsp3) is 0.385. The molecule has 20 heavy (non-hydrogen) atoms. The fourth-order valence-corrected chi connectivity index (χ4v) is 1.78. The molecule has 0 aromatic heterocycles. The molecule has 0 unspecified atom stereocenters. The summed E-state index contributed by atoms with van der Waals surface area (Å²) in [5.74, 6) is -1.42. The molecule has 0 fully saturated rings. The maximum absolute atomic E-state index is 11.8. The standard InChI is InChI=1S/C13H17BrN2O4/c1-20-7-6-15-11(13(18)19)8-12(17)16-10-4-2-9(14)3-5-10/h2-5,11,15H,6-8H2,1H3,(H,16,17)(H,18,19)/t11-/m0/s1. The SMILES string of the molecule is COCCN[C@@H](CC(=O)Nc1ccc(Br)cc1)C(=O)O. The predicted octanol–water partition coefficient (Wildman–Crippen LogP) is 1.47. The molecule has 0 heterocycles. The lowest BCUT2D eigenvalue weighted by Crippen LogP contribution is -2.41. The van der Waals surface area contributed by atoms with E-state index in [0.717, 1.165) is 4.47 Å². The number of hydrogen-bond donors (Lipinski definition) is 3. The first-order chi connectivity index (χ1) is 9.52. The van der Waals surface area contributed by atoms with Gasteiger partial charge in [-0.05, 0) is 24.3 Å². The summed E-state index contributed by atoms with van der Waals surface area (Å²) >= 11 is 3.29. The van der Waals surface area contributed by atoms with Crippen molar-refractivity contribution in [3.63, 3.8) is 0 Å². The van der Waals surface area contributed by atoms with Crippen molar-refractivity contribution in [2.75, 3.05) is 25.6 Å². The normalized spacial score (nSPS) is 11.9. The van der Waals surface area contributed by atoms with Gasteiger partial charge in [-0.15, -0.1) is 0 Å². The highest BCUT2D eigenvalue weighted by Crippen LogP contribution is 2.14. The Morgan fingerprint density at radius 3 is 2.55 bits per heavy atom. The monoisotopic (exact) mass is 344 g/mol. The Kier molecular flexibility index (Phi) is 7.21. The summed E-state index contributed by atoms with van der Waals surface area (Å²) in [5, 5.41) is 14.4. The minimum Gasteiger partial charge on any atom is -0.480 e. The molecule has 1 aromatic rings. The van der Waals surface area contributed by atoms with Crippen LogP contribution < -0.4 is 10.6 Å². The number of halogens is 1. The summed E-state index contributed by atoms with van der Waals surface area (Å²) in [7, 11) is 1.53. The molecule has 1 atom stereocenters. The van der Waals surface area contributed by atoms with Crippen molar-refractivity contribution in [1.82, 2.24) is 5.32 Å². The van der Waals surface area contributed by atoms with Gasteiger partial charge in [0, 0.05) is 23.8 Å². The Labute approximate surface area is 125 Å². The number of amides is 1. The van der Waals surface area contributed by atoms with Crippen LogP contribution in [0.3, 0.4) is 0 Å². The number of carbonyl (C=O) groups is 2. The van der Waals surface area contributed by atoms with Crippen LogP contribution in [0.1, 0.15) is 6.42 Å². The summed E-state index contributed by atoms with van der Waals surface area (Å²) in [6.45, 7) is 0.761. The van der Waals surface area contributed by atoms with Gasteiger partial charge in [-0.25, -0.2) is 0 Å². The van der Waals surface area contributed by atoms with Crippen LogP contribution in [0.4, 0.5) is 5.69 Å². The highest BCUT2D eigenvalue weighted by Gasteiger charge is 2.20. The number of aliphatic carboxylic acids is 1. The first-order valence-electron chi connectivity index (χ1n) is 6.03. The lowest BCUT2D eigenvalue weighted by molar-refractivity contribution is -0.141. The molecule has 3 N–H and O–H groups in total. The minimum atomic E-state index is -1.06. The summed E-state index contributed by atoms with van der Waals surface area (Å²) < 4.78 is 5.73. The maximum Gasteiger partial charge on any atom is 0.321 e. The van der Waals surface area contributed by atoms with E-state index in [2.05, 4.69) is 26.6 Å². The van der Waals surface area contributed by atoms with E-state index in [-0.39, 0.29) is 12.3 Å². The van der Waals surface area contributed by atoms with Gasteiger partial charge in [0.15, 0.2) is 0 Å². The van der Waals surface area contributed by atoms with Crippen molar-refractivity contribution in [3.8, 4) is 0 Å². The molecule has 0 spiro atoms. The smallest absolute Gasteiger partial charge is 0.321 e. The quantitative estimate of drug-likeness (QED) is 0.621. The van der Waals surface area contributed by atoms with E-state index in [1.54, 1.807) is 24.3 Å². The number of carboxylic acid groups (broad SMARTS) is 1. The third-order valence-corrected chi connectivity index (χ3v) is 3.04. The second-order valence-electron chi connectivity index (χ2n) is 4.10. The number of hydrogen-bond acceptors (Lipinski definition) is 4. The second-order valence-corrected chi connectivity index (χ2v) is 5.01. The van der Waals surface area contributed by atoms with Gasteiger partial charge < -0.3 is 20.5 Å². The molecule has 110 valence electrons. The average molecular weight is 345 g/mol. The Bertz CT molecular complexity index is 450. The molecule has 0 radical (unpaired) electrons. The molecular formula is C13H17BrN2O4. The topological polar surface area (TPSA) is 87.7 Å². The van der Waals surface area contributed by atoms with Gasteiger partial charge in [0.1, 0.15) is 6.04 Å². The number of carboxylic acids is 1. The molecule has 0 bridgehead atoms. The first kappa shape index (κ1) is 16.6. The van der Waals surface area contributed by atoms with Crippen LogP contribution in [0.5, 0.6) is 0 Å². The molecule has 0 saturated heterocycles. The lowest BCUT2D eigenvalue weighted by Gasteiger charge is -2.14. The van der Waals surface area contributed by atoms with Gasteiger partial charge in [-0.2, -0.15) is 0 Å². The summed E-state index contributed by atoms with van der Waals surface area (Å²) in [4.78, 5) is 22.8. The van der Waals surface area contributed by atoms with E-state index in [0.29, 0.717) is 18.8 Å². The highest BCUT2D eigenvalue weighted by atomic mass is 79.9. The van der Waals surface area contributed by atoms with Gasteiger partial charge in [-0.1, -0.05) is 15.9 Å². The Hall–Kier alpha value is -1.44. The van der Waals surface area contributed by atoms with Crippen LogP contribution >= 0.6 is 15.9 Å². The van der Waals surface area contributed by atoms with Crippen LogP contribution in [0.25, 0.3) is 0 Å². The van der Waals surface area contributed by atoms with Crippen molar-refractivity contribution in [1.29, 1.82) is 0 Å². The van der Waals surface area contributed by atoms with Crippen molar-refractivity contribution >= 4 is 33.5 Å². The molecular weight excluding hydrogens is 328 g/mol. The number of nitrogens with one attached hydrogen (secondary N) is 2. The van der Waals surface area contributed by atoms with E-state index < -0.39 is 12.0 Å². The maximum atomic E-state index is 11.8. The van der Waals surface area contributed by atoms with Crippen LogP contribution in [0.15, 0.2) is 28.7 Å². The van der Waals surface area contributed by atoms with Crippen molar-refractivity contribution < 1.29 is 19.4 Å². The van der Waals surface area contributed by atoms with Crippen LogP contribution in [0.2, 0.25) is 0 Å². The van der Waals surface area contributed by atoms with Gasteiger partial charge in [0.05, 0.1) is 13.0 Å². The molecule has 1 rings (SSSR count). The van der Waals surface area contributed by atoms with E-state index in [4.69, 9.17) is 9.84 Å². The third kappa shape index (κ3) is 6.14. The Morgan fingerprint density at radius 2 is 2.00 bits per heavy atom. The molecule has 7 heteroatoms. The van der Waals surface area contributed by atoms with Crippen molar-refractivity contribution in [2.45, 2.75) is 12.5 Å². The summed E-state index contributed by atoms with van der Waals surface area (Å²) in [5.41, 5.74) is 0.624. The first-order valence-corrected chi connectivity index (χ1v) is 6.82. The molecule has 0 saturated carbocycles. The Balaban J connectivity index is 2.48.